The van der Waals surface area contributed by atoms with Crippen molar-refractivity contribution in [1.29, 1.82) is 0 Å². The number of hydrogen-bond acceptors (Lipinski definition) is 4. The minimum Gasteiger partial charge on any atom is -0.478 e. The number of aliphatic hydroxyl groups excluding tert-OH is 2. The van der Waals surface area contributed by atoms with Crippen LogP contribution >= 0.6 is 0 Å². The van der Waals surface area contributed by atoms with E-state index in [-0.39, 0.29) is 13.2 Å². The molecular weight excluding hydrogens is 164 g/mol. The van der Waals surface area contributed by atoms with Crippen LogP contribution in [-0.4, -0.2) is 47.7 Å². The molecule has 0 aromatic rings. The fourth-order valence-corrected chi connectivity index (χ4v) is 0.231. The van der Waals surface area contributed by atoms with Crippen LogP contribution in [-0.2, 0) is 9.53 Å². The predicted molar refractivity (Wildman–Crippen MR) is 42.8 cm³/mol. The molecule has 0 aliphatic heterocycles. The van der Waals surface area contributed by atoms with Crippen molar-refractivity contribution in [3.8, 4) is 0 Å². The van der Waals surface area contributed by atoms with Crippen LogP contribution < -0.4 is 0 Å². The minimum absolute atomic E-state index is 0.0278. The summed E-state index contributed by atoms with van der Waals surface area (Å²) in [5, 5.41) is 23.8. The first-order chi connectivity index (χ1) is 5.68. The highest BCUT2D eigenvalue weighted by Crippen LogP contribution is 1.68. The van der Waals surface area contributed by atoms with Crippen molar-refractivity contribution in [3.05, 3.63) is 12.7 Å². The van der Waals surface area contributed by atoms with E-state index >= 15 is 0 Å². The maximum absolute atomic E-state index is 9.25. The van der Waals surface area contributed by atoms with Gasteiger partial charge in [0.2, 0.25) is 0 Å². The van der Waals surface area contributed by atoms with E-state index in [1.807, 2.05) is 0 Å². The first kappa shape index (κ1) is 13.7. The van der Waals surface area contributed by atoms with Gasteiger partial charge in [0.05, 0.1) is 26.4 Å². The first-order valence-electron chi connectivity index (χ1n) is 3.33. The molecule has 3 N–H and O–H groups in total. The number of aliphatic hydroxyl groups is 2. The van der Waals surface area contributed by atoms with Crippen LogP contribution in [0.25, 0.3) is 0 Å². The van der Waals surface area contributed by atoms with Gasteiger partial charge in [-0.3, -0.25) is 0 Å². The normalized spacial score (nSPS) is 8.17. The van der Waals surface area contributed by atoms with Crippen LogP contribution in [0, 0.1) is 0 Å². The molecule has 0 unspecified atom stereocenters. The second-order valence-corrected chi connectivity index (χ2v) is 1.60. The maximum Gasteiger partial charge on any atom is 0.327 e. The molecule has 0 aliphatic rings. The number of ether oxygens (including phenoxy) is 1. The summed E-state index contributed by atoms with van der Waals surface area (Å²) in [6, 6.07) is 0. The zero-order valence-corrected chi connectivity index (χ0v) is 6.77. The molecule has 12 heavy (non-hydrogen) atoms. The molecule has 0 aromatic carbocycles. The van der Waals surface area contributed by atoms with E-state index in [1.165, 1.54) is 0 Å². The quantitative estimate of drug-likeness (QED) is 0.380. The van der Waals surface area contributed by atoms with E-state index in [0.29, 0.717) is 13.2 Å². The van der Waals surface area contributed by atoms with E-state index < -0.39 is 5.97 Å². The Morgan fingerprint density at radius 2 is 1.67 bits per heavy atom. The maximum atomic E-state index is 9.25. The molecule has 0 saturated carbocycles. The van der Waals surface area contributed by atoms with Crippen molar-refractivity contribution in [2.24, 2.45) is 0 Å². The predicted octanol–water partition coefficient (Wildman–Crippen LogP) is -0.755. The van der Waals surface area contributed by atoms with Gasteiger partial charge >= 0.3 is 5.97 Å². The van der Waals surface area contributed by atoms with Crippen molar-refractivity contribution < 1.29 is 24.9 Å². The average Bonchev–Trinajstić information content (AvgIpc) is 2.07. The van der Waals surface area contributed by atoms with Gasteiger partial charge in [-0.15, -0.1) is 0 Å². The largest absolute Gasteiger partial charge is 0.478 e. The van der Waals surface area contributed by atoms with E-state index in [2.05, 4.69) is 11.3 Å². The number of rotatable bonds is 5. The minimum atomic E-state index is -0.981. The molecule has 0 rings (SSSR count). The number of aliphatic carboxylic acids is 1. The van der Waals surface area contributed by atoms with Gasteiger partial charge in [0.1, 0.15) is 0 Å². The molecule has 0 bridgehead atoms. The lowest BCUT2D eigenvalue weighted by molar-refractivity contribution is -0.131. The van der Waals surface area contributed by atoms with E-state index in [1.54, 1.807) is 0 Å². The lowest BCUT2D eigenvalue weighted by atomic mass is 10.7. The highest BCUT2D eigenvalue weighted by molar-refractivity contribution is 5.78. The Balaban J connectivity index is 0. The topological polar surface area (TPSA) is 87.0 Å². The van der Waals surface area contributed by atoms with Gasteiger partial charge < -0.3 is 20.1 Å². The Morgan fingerprint density at radius 1 is 1.33 bits per heavy atom. The third-order valence-electron chi connectivity index (χ3n) is 0.646. The molecule has 5 nitrogen and oxygen atoms in total. The molecule has 0 saturated heterocycles. The SMILES string of the molecule is C=CC(=O)O.OCCOCCO. The van der Waals surface area contributed by atoms with Gasteiger partial charge in [0.15, 0.2) is 0 Å². The second-order valence-electron chi connectivity index (χ2n) is 1.60. The fraction of sp³-hybridized carbons (Fsp3) is 0.571. The van der Waals surface area contributed by atoms with Crippen molar-refractivity contribution in [2.75, 3.05) is 26.4 Å². The van der Waals surface area contributed by atoms with Gasteiger partial charge in [0.25, 0.3) is 0 Å². The summed E-state index contributed by atoms with van der Waals surface area (Å²) in [6.07, 6.45) is 0.833. The summed E-state index contributed by atoms with van der Waals surface area (Å²) in [5.74, 6) is -0.981. The number of carboxylic acid groups (broad SMARTS) is 1. The lowest BCUT2D eigenvalue weighted by Gasteiger charge is -1.94. The van der Waals surface area contributed by atoms with Crippen LogP contribution in [0.15, 0.2) is 12.7 Å². The molecule has 0 aromatic heterocycles. The molecule has 0 aliphatic carbocycles. The van der Waals surface area contributed by atoms with Crippen LogP contribution in [0.5, 0.6) is 0 Å². The molecule has 72 valence electrons. The molecule has 0 spiro atoms. The zero-order chi connectivity index (χ0) is 9.82. The molecule has 0 radical (unpaired) electrons. The Labute approximate surface area is 70.9 Å². The molecular formula is C7H14O5. The third-order valence-corrected chi connectivity index (χ3v) is 0.646. The van der Waals surface area contributed by atoms with E-state index in [0.717, 1.165) is 6.08 Å². The van der Waals surface area contributed by atoms with Crippen molar-refractivity contribution in [2.45, 2.75) is 0 Å². The van der Waals surface area contributed by atoms with E-state index in [9.17, 15) is 4.79 Å². The molecule has 5 heteroatoms. The standard InChI is InChI=1S/C4H10O3.C3H4O2/c5-1-3-7-4-2-6;1-2-3(4)5/h5-6H,1-4H2;2H,1H2,(H,4,5). The molecule has 0 amide bonds. The summed E-state index contributed by atoms with van der Waals surface area (Å²) < 4.78 is 4.63. The molecule has 0 heterocycles. The zero-order valence-electron chi connectivity index (χ0n) is 6.77. The van der Waals surface area contributed by atoms with Gasteiger partial charge in [-0.25, -0.2) is 4.79 Å². The van der Waals surface area contributed by atoms with Crippen molar-refractivity contribution in [3.63, 3.8) is 0 Å². The van der Waals surface area contributed by atoms with Crippen molar-refractivity contribution >= 4 is 5.97 Å². The summed E-state index contributed by atoms with van der Waals surface area (Å²) in [6.45, 7) is 3.66. The number of carbonyl (C=O) groups is 1. The van der Waals surface area contributed by atoms with Gasteiger partial charge in [-0.1, -0.05) is 6.58 Å². The van der Waals surface area contributed by atoms with Gasteiger partial charge in [0, 0.05) is 6.08 Å². The highest BCUT2D eigenvalue weighted by atomic mass is 16.5. The number of carboxylic acids is 1. The monoisotopic (exact) mass is 178 g/mol. The molecule has 0 atom stereocenters. The second kappa shape index (κ2) is 12.7. The smallest absolute Gasteiger partial charge is 0.327 e. The van der Waals surface area contributed by atoms with Crippen molar-refractivity contribution in [1.82, 2.24) is 0 Å². The summed E-state index contributed by atoms with van der Waals surface area (Å²) in [4.78, 5) is 9.25. The van der Waals surface area contributed by atoms with Crippen LogP contribution in [0.4, 0.5) is 0 Å². The molecule has 0 fully saturated rings. The van der Waals surface area contributed by atoms with Crippen LogP contribution in [0.3, 0.4) is 0 Å². The Bertz CT molecular complexity index is 108. The Morgan fingerprint density at radius 3 is 1.83 bits per heavy atom. The Kier molecular flexibility index (Phi) is 14.5. The van der Waals surface area contributed by atoms with E-state index in [4.69, 9.17) is 15.3 Å². The number of hydrogen-bond donors (Lipinski definition) is 3. The lowest BCUT2D eigenvalue weighted by Crippen LogP contribution is -2.03. The summed E-state index contributed by atoms with van der Waals surface area (Å²) in [7, 11) is 0. The van der Waals surface area contributed by atoms with Gasteiger partial charge in [-0.2, -0.15) is 0 Å². The average molecular weight is 178 g/mol. The first-order valence-corrected chi connectivity index (χ1v) is 3.33. The van der Waals surface area contributed by atoms with Gasteiger partial charge in [-0.05, 0) is 0 Å². The summed E-state index contributed by atoms with van der Waals surface area (Å²) >= 11 is 0. The summed E-state index contributed by atoms with van der Waals surface area (Å²) in [5.41, 5.74) is 0. The third kappa shape index (κ3) is 23.0. The fourth-order valence-electron chi connectivity index (χ4n) is 0.231. The van der Waals surface area contributed by atoms with Crippen LogP contribution in [0.1, 0.15) is 0 Å². The van der Waals surface area contributed by atoms with Crippen LogP contribution in [0.2, 0.25) is 0 Å². The Hall–Kier alpha value is -0.910. The highest BCUT2D eigenvalue weighted by Gasteiger charge is 1.79.